The second kappa shape index (κ2) is 6.19. The zero-order valence-corrected chi connectivity index (χ0v) is 13.7. The van der Waals surface area contributed by atoms with E-state index in [2.05, 4.69) is 0 Å². The summed E-state index contributed by atoms with van der Waals surface area (Å²) < 4.78 is 77.5. The van der Waals surface area contributed by atoms with Crippen molar-refractivity contribution in [2.45, 2.75) is 5.51 Å². The van der Waals surface area contributed by atoms with Crippen LogP contribution in [0.2, 0.25) is 5.02 Å². The zero-order chi connectivity index (χ0) is 18.2. The molecule has 1 aliphatic heterocycles. The van der Waals surface area contributed by atoms with Crippen molar-refractivity contribution in [3.05, 3.63) is 41.4 Å². The van der Waals surface area contributed by atoms with Crippen LogP contribution in [0.15, 0.2) is 36.4 Å². The third-order valence-electron chi connectivity index (χ3n) is 3.06. The molecule has 0 fully saturated rings. The van der Waals surface area contributed by atoms with Gasteiger partial charge in [0.05, 0.1) is 5.69 Å². The Hall–Kier alpha value is -2.33. The quantitative estimate of drug-likeness (QED) is 0.842. The predicted molar refractivity (Wildman–Crippen MR) is 82.7 cm³/mol. The molecular weight excluding hydrogens is 387 g/mol. The molecule has 0 radical (unpaired) electrons. The summed E-state index contributed by atoms with van der Waals surface area (Å²) in [6.07, 6.45) is 0. The van der Waals surface area contributed by atoms with Gasteiger partial charge in [0, 0.05) is 17.2 Å². The van der Waals surface area contributed by atoms with Crippen molar-refractivity contribution in [2.24, 2.45) is 0 Å². The third kappa shape index (κ3) is 3.69. The maximum absolute atomic E-state index is 12.6. The lowest BCUT2D eigenvalue weighted by Crippen LogP contribution is -2.30. The fraction of sp³-hybridized carbons (Fsp3) is 0.143. The smallest absolute Gasteiger partial charge is 0.455 e. The van der Waals surface area contributed by atoms with Crippen LogP contribution in [-0.4, -0.2) is 20.7 Å². The van der Waals surface area contributed by atoms with E-state index < -0.39 is 21.2 Å². The van der Waals surface area contributed by atoms with E-state index in [1.165, 1.54) is 29.0 Å². The average molecular weight is 396 g/mol. The van der Waals surface area contributed by atoms with E-state index >= 15 is 0 Å². The molecule has 11 heteroatoms. The van der Waals surface area contributed by atoms with Gasteiger partial charge in [-0.25, -0.2) is 0 Å². The number of hydrogen-bond donors (Lipinski definition) is 1. The fourth-order valence-corrected chi connectivity index (χ4v) is 2.67. The first-order valence-electron chi connectivity index (χ1n) is 6.62. The Morgan fingerprint density at radius 1 is 1.08 bits per heavy atom. The molecule has 1 N–H and O–H groups in total. The molecule has 0 aliphatic carbocycles. The normalized spacial score (nSPS) is 13.6. The van der Waals surface area contributed by atoms with Crippen LogP contribution in [0.3, 0.4) is 0 Å². The van der Waals surface area contributed by atoms with Crippen LogP contribution in [0, 0.1) is 0 Å². The molecule has 1 aliphatic rings. The van der Waals surface area contributed by atoms with E-state index in [0.29, 0.717) is 11.5 Å². The summed E-state index contributed by atoms with van der Waals surface area (Å²) in [4.78, 5) is 0. The Balaban J connectivity index is 1.92. The molecule has 0 saturated carbocycles. The molecule has 3 rings (SSSR count). The molecule has 0 aromatic heterocycles. The molecule has 134 valence electrons. The number of benzene rings is 2. The summed E-state index contributed by atoms with van der Waals surface area (Å²) >= 11 is 5.81. The summed E-state index contributed by atoms with van der Waals surface area (Å²) in [6.45, 7) is 0.0343. The molecule has 2 aromatic carbocycles. The Morgan fingerprint density at radius 2 is 1.80 bits per heavy atom. The van der Waals surface area contributed by atoms with Gasteiger partial charge in [0.15, 0.2) is 17.2 Å². The number of sulfonamides is 1. The molecule has 0 unspecified atom stereocenters. The average Bonchev–Trinajstić information content (AvgIpc) is 2.96. The highest BCUT2D eigenvalue weighted by molar-refractivity contribution is 7.93. The lowest BCUT2D eigenvalue weighted by molar-refractivity contribution is -0.0429. The Labute approximate surface area is 145 Å². The number of rotatable bonds is 4. The second-order valence-electron chi connectivity index (χ2n) is 4.81. The minimum Gasteiger partial charge on any atom is -0.455 e. The van der Waals surface area contributed by atoms with Gasteiger partial charge in [-0.2, -0.15) is 21.6 Å². The van der Waals surface area contributed by atoms with Gasteiger partial charge in [-0.3, -0.25) is 4.72 Å². The first-order chi connectivity index (χ1) is 11.7. The molecule has 0 saturated heterocycles. The van der Waals surface area contributed by atoms with Crippen molar-refractivity contribution in [3.63, 3.8) is 0 Å². The first kappa shape index (κ1) is 17.5. The molecular formula is C14H9ClF3NO5S. The number of anilines is 1. The standard InChI is InChI=1S/C14H9ClF3NO5S/c15-8-1-3-10(19-25(20,21)14(16,17)18)12(5-8)24-9-2-4-11-13(6-9)23-7-22-11/h1-6,19H,7H2. The topological polar surface area (TPSA) is 73.9 Å². The van der Waals surface area contributed by atoms with Crippen LogP contribution < -0.4 is 18.9 Å². The maximum Gasteiger partial charge on any atom is 0.516 e. The highest BCUT2D eigenvalue weighted by Gasteiger charge is 2.46. The summed E-state index contributed by atoms with van der Waals surface area (Å²) in [5, 5.41) is 0.144. The van der Waals surface area contributed by atoms with Crippen LogP contribution in [0.4, 0.5) is 18.9 Å². The van der Waals surface area contributed by atoms with E-state index in [1.54, 1.807) is 6.07 Å². The Kier molecular flexibility index (Phi) is 4.33. The molecule has 0 bridgehead atoms. The number of fused-ring (bicyclic) bond motifs is 1. The Bertz CT molecular complexity index is 917. The van der Waals surface area contributed by atoms with Crippen molar-refractivity contribution in [1.82, 2.24) is 0 Å². The van der Waals surface area contributed by atoms with E-state index in [0.717, 1.165) is 6.07 Å². The monoisotopic (exact) mass is 395 g/mol. The predicted octanol–water partition coefficient (Wildman–Crippen LogP) is 4.12. The van der Waals surface area contributed by atoms with Crippen LogP contribution in [-0.2, 0) is 10.0 Å². The lowest BCUT2D eigenvalue weighted by Gasteiger charge is -2.15. The van der Waals surface area contributed by atoms with Crippen molar-refractivity contribution in [1.29, 1.82) is 0 Å². The van der Waals surface area contributed by atoms with E-state index in [4.69, 9.17) is 25.8 Å². The molecule has 2 aromatic rings. The first-order valence-corrected chi connectivity index (χ1v) is 8.48. The number of halogens is 4. The van der Waals surface area contributed by atoms with Crippen LogP contribution in [0.5, 0.6) is 23.0 Å². The van der Waals surface area contributed by atoms with Crippen LogP contribution >= 0.6 is 11.6 Å². The SMILES string of the molecule is O=S(=O)(Nc1ccc(Cl)cc1Oc1ccc2c(c1)OCO2)C(F)(F)F. The highest BCUT2D eigenvalue weighted by Crippen LogP contribution is 2.39. The minimum absolute atomic E-state index is 0.0343. The van der Waals surface area contributed by atoms with Gasteiger partial charge in [0.25, 0.3) is 0 Å². The molecule has 6 nitrogen and oxygen atoms in total. The van der Waals surface area contributed by atoms with Gasteiger partial charge in [0.1, 0.15) is 5.75 Å². The number of alkyl halides is 3. The van der Waals surface area contributed by atoms with Crippen molar-refractivity contribution >= 4 is 27.3 Å². The summed E-state index contributed by atoms with van der Waals surface area (Å²) in [6, 6.07) is 7.94. The van der Waals surface area contributed by atoms with Crippen molar-refractivity contribution in [2.75, 3.05) is 11.5 Å². The van der Waals surface area contributed by atoms with Gasteiger partial charge in [-0.1, -0.05) is 11.6 Å². The largest absolute Gasteiger partial charge is 0.516 e. The molecule has 0 atom stereocenters. The molecule has 0 amide bonds. The van der Waals surface area contributed by atoms with Gasteiger partial charge in [-0.15, -0.1) is 0 Å². The molecule has 1 heterocycles. The fourth-order valence-electron chi connectivity index (χ4n) is 1.93. The zero-order valence-electron chi connectivity index (χ0n) is 12.1. The van der Waals surface area contributed by atoms with Crippen molar-refractivity contribution in [3.8, 4) is 23.0 Å². The van der Waals surface area contributed by atoms with Crippen LogP contribution in [0.25, 0.3) is 0 Å². The van der Waals surface area contributed by atoms with E-state index in [1.807, 2.05) is 0 Å². The van der Waals surface area contributed by atoms with Gasteiger partial charge in [0.2, 0.25) is 6.79 Å². The summed E-state index contributed by atoms with van der Waals surface area (Å²) in [7, 11) is -5.61. The van der Waals surface area contributed by atoms with Crippen LogP contribution in [0.1, 0.15) is 0 Å². The number of ether oxygens (including phenoxy) is 3. The molecule has 0 spiro atoms. The molecule has 25 heavy (non-hydrogen) atoms. The van der Waals surface area contributed by atoms with E-state index in [9.17, 15) is 21.6 Å². The second-order valence-corrected chi connectivity index (χ2v) is 6.92. The van der Waals surface area contributed by atoms with Gasteiger partial charge in [-0.05, 0) is 24.3 Å². The maximum atomic E-state index is 12.6. The Morgan fingerprint density at radius 3 is 2.52 bits per heavy atom. The van der Waals surface area contributed by atoms with Crippen molar-refractivity contribution < 1.29 is 35.8 Å². The van der Waals surface area contributed by atoms with E-state index in [-0.39, 0.29) is 23.3 Å². The lowest BCUT2D eigenvalue weighted by atomic mass is 10.3. The minimum atomic E-state index is -5.61. The number of nitrogens with one attached hydrogen (secondary N) is 1. The summed E-state index contributed by atoms with van der Waals surface area (Å²) in [5.74, 6) is 0.853. The third-order valence-corrected chi connectivity index (χ3v) is 4.40. The van der Waals surface area contributed by atoms with Gasteiger partial charge >= 0.3 is 15.5 Å². The van der Waals surface area contributed by atoms with Gasteiger partial charge < -0.3 is 14.2 Å². The highest BCUT2D eigenvalue weighted by atomic mass is 35.5. The summed E-state index contributed by atoms with van der Waals surface area (Å²) in [5.41, 5.74) is -5.89. The number of hydrogen-bond acceptors (Lipinski definition) is 5.